The van der Waals surface area contributed by atoms with Crippen LogP contribution in [0.4, 0.5) is 10.1 Å². The molecular formula is C20H23ClFN3O3. The van der Waals surface area contributed by atoms with Gasteiger partial charge in [0.25, 0.3) is 5.91 Å². The Hall–Kier alpha value is -2.67. The number of carbonyl (C=O) groups is 2. The number of nitrogens with zero attached hydrogens (tertiary/aromatic N) is 2. The minimum absolute atomic E-state index is 0.281. The number of benzene rings is 1. The van der Waals surface area contributed by atoms with E-state index in [0.717, 1.165) is 0 Å². The number of aryl methyl sites for hydroxylation is 1. The molecule has 150 valence electrons. The first-order valence-corrected chi connectivity index (χ1v) is 9.23. The molecule has 1 aromatic carbocycles. The van der Waals surface area contributed by atoms with E-state index < -0.39 is 23.8 Å². The molecule has 0 saturated carbocycles. The first-order valence-electron chi connectivity index (χ1n) is 8.85. The Kier molecular flexibility index (Phi) is 7.34. The summed E-state index contributed by atoms with van der Waals surface area (Å²) in [5, 5.41) is 7.28. The molecule has 0 saturated heterocycles. The van der Waals surface area contributed by atoms with Crippen molar-refractivity contribution in [3.05, 3.63) is 52.6 Å². The van der Waals surface area contributed by atoms with Crippen molar-refractivity contribution in [3.63, 3.8) is 0 Å². The third kappa shape index (κ3) is 5.92. The molecule has 0 spiro atoms. The van der Waals surface area contributed by atoms with Gasteiger partial charge >= 0.3 is 5.97 Å². The summed E-state index contributed by atoms with van der Waals surface area (Å²) in [6, 6.07) is 5.44. The normalized spacial score (nSPS) is 12.4. The fourth-order valence-electron chi connectivity index (χ4n) is 2.45. The number of rotatable bonds is 7. The number of anilines is 1. The van der Waals surface area contributed by atoms with Gasteiger partial charge in [-0.05, 0) is 44.0 Å². The quantitative estimate of drug-likeness (QED) is 0.550. The van der Waals surface area contributed by atoms with Gasteiger partial charge in [0.1, 0.15) is 11.0 Å². The molecular weight excluding hydrogens is 385 g/mol. The topological polar surface area (TPSA) is 73.2 Å². The molecule has 1 atom stereocenters. The zero-order valence-electron chi connectivity index (χ0n) is 16.2. The third-order valence-corrected chi connectivity index (χ3v) is 4.19. The number of esters is 1. The highest BCUT2D eigenvalue weighted by atomic mass is 35.5. The Morgan fingerprint density at radius 1 is 1.36 bits per heavy atom. The highest BCUT2D eigenvalue weighted by Crippen LogP contribution is 2.22. The first kappa shape index (κ1) is 21.6. The van der Waals surface area contributed by atoms with Crippen LogP contribution in [0, 0.1) is 18.7 Å². The number of nitrogens with one attached hydrogen (secondary N) is 1. The molecule has 0 aliphatic heterocycles. The van der Waals surface area contributed by atoms with Crippen LogP contribution in [0.3, 0.4) is 0 Å². The number of halogens is 2. The smallest absolute Gasteiger partial charge is 0.331 e. The molecule has 0 unspecified atom stereocenters. The largest absolute Gasteiger partial charge is 0.449 e. The predicted octanol–water partition coefficient (Wildman–Crippen LogP) is 4.22. The minimum atomic E-state index is -1.05. The Morgan fingerprint density at radius 2 is 2.07 bits per heavy atom. The van der Waals surface area contributed by atoms with Gasteiger partial charge in [0.2, 0.25) is 0 Å². The summed E-state index contributed by atoms with van der Waals surface area (Å²) >= 11 is 6.32. The van der Waals surface area contributed by atoms with Crippen molar-refractivity contribution in [2.24, 2.45) is 5.92 Å². The minimum Gasteiger partial charge on any atom is -0.449 e. The van der Waals surface area contributed by atoms with Gasteiger partial charge in [-0.25, -0.2) is 9.18 Å². The molecule has 1 amide bonds. The molecule has 2 rings (SSSR count). The molecule has 0 radical (unpaired) electrons. The van der Waals surface area contributed by atoms with Gasteiger partial charge in [-0.15, -0.1) is 0 Å². The second kappa shape index (κ2) is 9.50. The van der Waals surface area contributed by atoms with Crippen molar-refractivity contribution in [3.8, 4) is 0 Å². The molecule has 1 heterocycles. The van der Waals surface area contributed by atoms with Crippen LogP contribution in [0.5, 0.6) is 0 Å². The zero-order chi connectivity index (χ0) is 20.8. The van der Waals surface area contributed by atoms with E-state index in [1.54, 1.807) is 11.6 Å². The van der Waals surface area contributed by atoms with Gasteiger partial charge in [-0.3, -0.25) is 9.48 Å². The van der Waals surface area contributed by atoms with E-state index >= 15 is 0 Å². The molecule has 8 heteroatoms. The number of hydrogen-bond donors (Lipinski definition) is 1. The molecule has 2 aromatic rings. The Balaban J connectivity index is 1.97. The number of ether oxygens (including phenoxy) is 1. The maximum atomic E-state index is 13.2. The van der Waals surface area contributed by atoms with Crippen molar-refractivity contribution in [2.75, 3.05) is 5.32 Å². The molecule has 0 aliphatic rings. The Labute approximate surface area is 168 Å². The molecule has 28 heavy (non-hydrogen) atoms. The lowest BCUT2D eigenvalue weighted by molar-refractivity contribution is -0.148. The van der Waals surface area contributed by atoms with E-state index in [-0.39, 0.29) is 5.69 Å². The number of amides is 1. The van der Waals surface area contributed by atoms with Gasteiger partial charge in [-0.2, -0.15) is 5.10 Å². The zero-order valence-corrected chi connectivity index (χ0v) is 17.0. The third-order valence-electron chi connectivity index (χ3n) is 3.79. The number of hydrogen-bond acceptors (Lipinski definition) is 4. The predicted molar refractivity (Wildman–Crippen MR) is 106 cm³/mol. The summed E-state index contributed by atoms with van der Waals surface area (Å²) in [6.45, 7) is 7.99. The Morgan fingerprint density at radius 3 is 2.71 bits per heavy atom. The van der Waals surface area contributed by atoms with Crippen molar-refractivity contribution in [1.29, 1.82) is 0 Å². The first-order chi connectivity index (χ1) is 13.2. The summed E-state index contributed by atoms with van der Waals surface area (Å²) in [7, 11) is 0. The van der Waals surface area contributed by atoms with Gasteiger partial charge in [0, 0.05) is 23.9 Å². The highest BCUT2D eigenvalue weighted by Gasteiger charge is 2.17. The second-order valence-corrected chi connectivity index (χ2v) is 7.14. The fourth-order valence-corrected chi connectivity index (χ4v) is 2.76. The summed E-state index contributed by atoms with van der Waals surface area (Å²) in [5.41, 5.74) is 1.59. The van der Waals surface area contributed by atoms with Crippen LogP contribution in [0.1, 0.15) is 32.0 Å². The lowest BCUT2D eigenvalue weighted by Crippen LogP contribution is -2.29. The molecule has 6 nitrogen and oxygen atoms in total. The van der Waals surface area contributed by atoms with Crippen LogP contribution in [-0.4, -0.2) is 27.8 Å². The lowest BCUT2D eigenvalue weighted by Gasteiger charge is -2.12. The maximum Gasteiger partial charge on any atom is 0.331 e. The highest BCUT2D eigenvalue weighted by molar-refractivity contribution is 6.31. The van der Waals surface area contributed by atoms with E-state index in [2.05, 4.69) is 24.3 Å². The summed E-state index contributed by atoms with van der Waals surface area (Å²) in [6.07, 6.45) is 1.66. The van der Waals surface area contributed by atoms with Crippen molar-refractivity contribution in [2.45, 2.75) is 40.3 Å². The van der Waals surface area contributed by atoms with Crippen LogP contribution in [0.25, 0.3) is 6.08 Å². The second-order valence-electron chi connectivity index (χ2n) is 6.78. The van der Waals surface area contributed by atoms with Gasteiger partial charge in [0.15, 0.2) is 6.10 Å². The molecule has 0 fully saturated rings. The van der Waals surface area contributed by atoms with Crippen LogP contribution >= 0.6 is 11.6 Å². The van der Waals surface area contributed by atoms with E-state index in [1.807, 2.05) is 0 Å². The molecule has 0 bridgehead atoms. The van der Waals surface area contributed by atoms with Gasteiger partial charge in [-0.1, -0.05) is 31.5 Å². The standard InChI is InChI=1S/C20H23ClFN3O3/c1-12(2)11-25-19(21)17(13(3)24-25)8-9-18(26)28-14(4)20(27)23-16-7-5-6-15(22)10-16/h5-10,12,14H,11H2,1-4H3,(H,23,27)/b9-8+/t14-/m0/s1. The SMILES string of the molecule is Cc1nn(CC(C)C)c(Cl)c1/C=C/C(=O)O[C@@H](C)C(=O)Nc1cccc(F)c1. The van der Waals surface area contributed by atoms with Gasteiger partial charge in [0.05, 0.1) is 5.69 Å². The fraction of sp³-hybridized carbons (Fsp3) is 0.350. The molecule has 1 aromatic heterocycles. The van der Waals surface area contributed by atoms with Crippen LogP contribution in [0.15, 0.2) is 30.3 Å². The number of carbonyl (C=O) groups excluding carboxylic acids is 2. The van der Waals surface area contributed by atoms with E-state index in [1.165, 1.54) is 43.3 Å². The van der Waals surface area contributed by atoms with Crippen molar-refractivity contribution < 1.29 is 18.7 Å². The van der Waals surface area contributed by atoms with Crippen molar-refractivity contribution in [1.82, 2.24) is 9.78 Å². The monoisotopic (exact) mass is 407 g/mol. The van der Waals surface area contributed by atoms with Crippen LogP contribution < -0.4 is 5.32 Å². The van der Waals surface area contributed by atoms with Crippen molar-refractivity contribution >= 4 is 35.2 Å². The maximum absolute atomic E-state index is 13.2. The summed E-state index contributed by atoms with van der Waals surface area (Å²) in [4.78, 5) is 24.1. The summed E-state index contributed by atoms with van der Waals surface area (Å²) < 4.78 is 19.9. The van der Waals surface area contributed by atoms with Gasteiger partial charge < -0.3 is 10.1 Å². The van der Waals surface area contributed by atoms with Crippen LogP contribution in [-0.2, 0) is 20.9 Å². The average molecular weight is 408 g/mol. The number of aromatic nitrogens is 2. The molecule has 1 N–H and O–H groups in total. The van der Waals surface area contributed by atoms with E-state index in [9.17, 15) is 14.0 Å². The lowest BCUT2D eigenvalue weighted by atomic mass is 10.2. The van der Waals surface area contributed by atoms with E-state index in [0.29, 0.717) is 28.9 Å². The van der Waals surface area contributed by atoms with Crippen LogP contribution in [0.2, 0.25) is 5.15 Å². The summed E-state index contributed by atoms with van der Waals surface area (Å²) in [5.74, 6) is -1.37. The Bertz CT molecular complexity index is 893. The molecule has 0 aliphatic carbocycles. The van der Waals surface area contributed by atoms with E-state index in [4.69, 9.17) is 16.3 Å². The average Bonchev–Trinajstić information content (AvgIpc) is 2.85.